The van der Waals surface area contributed by atoms with Crippen LogP contribution in [0.1, 0.15) is 17.3 Å². The topological polar surface area (TPSA) is 101 Å². The number of piperazine rings is 1. The first-order chi connectivity index (χ1) is 14.0. The highest BCUT2D eigenvalue weighted by Crippen LogP contribution is 2.25. The molecule has 0 amide bonds. The number of rotatable bonds is 5. The number of sulfonamides is 1. The number of anilines is 1. The minimum atomic E-state index is -3.75. The molecule has 8 nitrogen and oxygen atoms in total. The Balaban J connectivity index is 1.75. The summed E-state index contributed by atoms with van der Waals surface area (Å²) in [5, 5.41) is 0. The summed E-state index contributed by atoms with van der Waals surface area (Å²) in [4.78, 5) is 13.8. The van der Waals surface area contributed by atoms with Crippen molar-refractivity contribution < 1.29 is 26.4 Å². The Morgan fingerprint density at radius 2 is 1.50 bits per heavy atom. The number of methoxy groups -OCH3 is 1. The van der Waals surface area contributed by atoms with Gasteiger partial charge in [-0.1, -0.05) is 0 Å². The van der Waals surface area contributed by atoms with Crippen molar-refractivity contribution in [3.63, 3.8) is 0 Å². The highest BCUT2D eigenvalue weighted by molar-refractivity contribution is 7.90. The number of hydrogen-bond acceptors (Lipinski definition) is 7. The van der Waals surface area contributed by atoms with Crippen LogP contribution < -0.4 is 4.90 Å². The van der Waals surface area contributed by atoms with Gasteiger partial charge in [-0.25, -0.2) is 21.6 Å². The van der Waals surface area contributed by atoms with Gasteiger partial charge in [0.15, 0.2) is 9.84 Å². The van der Waals surface area contributed by atoms with E-state index < -0.39 is 25.8 Å². The van der Waals surface area contributed by atoms with Crippen molar-refractivity contribution in [2.24, 2.45) is 0 Å². The lowest BCUT2D eigenvalue weighted by Crippen LogP contribution is -2.54. The van der Waals surface area contributed by atoms with E-state index in [4.69, 9.17) is 4.74 Å². The van der Waals surface area contributed by atoms with Gasteiger partial charge in [-0.2, -0.15) is 4.31 Å². The molecule has 0 spiro atoms. The molecule has 3 rings (SSSR count). The first-order valence-electron chi connectivity index (χ1n) is 9.29. The van der Waals surface area contributed by atoms with E-state index >= 15 is 0 Å². The molecule has 0 bridgehead atoms. The average molecular weight is 453 g/mol. The molecule has 162 valence electrons. The van der Waals surface area contributed by atoms with E-state index in [0.29, 0.717) is 18.7 Å². The van der Waals surface area contributed by atoms with Gasteiger partial charge in [-0.3, -0.25) is 0 Å². The van der Waals surface area contributed by atoms with Crippen molar-refractivity contribution in [3.8, 4) is 0 Å². The smallest absolute Gasteiger partial charge is 0.337 e. The molecule has 1 aliphatic rings. The van der Waals surface area contributed by atoms with Gasteiger partial charge in [0, 0.05) is 37.6 Å². The van der Waals surface area contributed by atoms with Crippen LogP contribution in [0, 0.1) is 0 Å². The summed E-state index contributed by atoms with van der Waals surface area (Å²) in [5.74, 6) is -0.410. The van der Waals surface area contributed by atoms with Gasteiger partial charge in [0.25, 0.3) is 0 Å². The third-order valence-electron chi connectivity index (χ3n) is 5.08. The van der Waals surface area contributed by atoms with Gasteiger partial charge in [0.2, 0.25) is 10.0 Å². The van der Waals surface area contributed by atoms with E-state index in [9.17, 15) is 21.6 Å². The first kappa shape index (κ1) is 22.3. The third-order valence-corrected chi connectivity index (χ3v) is 8.23. The molecule has 0 aliphatic carbocycles. The molecule has 1 unspecified atom stereocenters. The molecule has 0 N–H and O–H groups in total. The van der Waals surface area contributed by atoms with Crippen molar-refractivity contribution in [1.29, 1.82) is 0 Å². The molecule has 30 heavy (non-hydrogen) atoms. The normalized spacial score (nSPS) is 18.2. The number of benzene rings is 2. The highest BCUT2D eigenvalue weighted by Gasteiger charge is 2.34. The Kier molecular flexibility index (Phi) is 6.21. The fourth-order valence-electron chi connectivity index (χ4n) is 3.45. The van der Waals surface area contributed by atoms with E-state index in [1.165, 1.54) is 35.7 Å². The molecule has 1 fully saturated rings. The number of esters is 1. The number of nitrogens with zero attached hydrogens (tertiary/aromatic N) is 2. The van der Waals surface area contributed by atoms with E-state index in [1.807, 2.05) is 19.1 Å². The van der Waals surface area contributed by atoms with E-state index in [-0.39, 0.29) is 22.4 Å². The minimum absolute atomic E-state index is 0.0673. The Bertz CT molecular complexity index is 1130. The Morgan fingerprint density at radius 1 is 0.933 bits per heavy atom. The van der Waals surface area contributed by atoms with E-state index in [0.717, 1.165) is 11.9 Å². The van der Waals surface area contributed by atoms with Gasteiger partial charge in [0.05, 0.1) is 22.5 Å². The number of carbonyl (C=O) groups is 1. The summed E-state index contributed by atoms with van der Waals surface area (Å²) in [6.45, 7) is 3.09. The van der Waals surface area contributed by atoms with Crippen LogP contribution in [-0.2, 0) is 24.6 Å². The van der Waals surface area contributed by atoms with Gasteiger partial charge < -0.3 is 9.64 Å². The van der Waals surface area contributed by atoms with Crippen molar-refractivity contribution in [1.82, 2.24) is 4.31 Å². The molecule has 1 aliphatic heterocycles. The molecule has 2 aromatic rings. The second kappa shape index (κ2) is 8.37. The van der Waals surface area contributed by atoms with Crippen LogP contribution in [0.15, 0.2) is 58.3 Å². The Hall–Kier alpha value is -2.43. The van der Waals surface area contributed by atoms with Gasteiger partial charge >= 0.3 is 5.97 Å². The van der Waals surface area contributed by atoms with E-state index in [2.05, 4.69) is 4.90 Å². The van der Waals surface area contributed by atoms with Gasteiger partial charge in [0.1, 0.15) is 0 Å². The summed E-state index contributed by atoms with van der Waals surface area (Å²) in [5.41, 5.74) is 1.34. The lowest BCUT2D eigenvalue weighted by Gasteiger charge is -2.40. The predicted octanol–water partition coefficient (Wildman–Crippen LogP) is 1.78. The molecular weight excluding hydrogens is 428 g/mol. The minimum Gasteiger partial charge on any atom is -0.465 e. The number of ether oxygens (including phenoxy) is 1. The lowest BCUT2D eigenvalue weighted by molar-refractivity contribution is 0.0600. The predicted molar refractivity (Wildman–Crippen MR) is 113 cm³/mol. The van der Waals surface area contributed by atoms with Gasteiger partial charge in [-0.05, 0) is 55.5 Å². The molecule has 2 aromatic carbocycles. The van der Waals surface area contributed by atoms with Crippen LogP contribution in [-0.4, -0.2) is 66.2 Å². The largest absolute Gasteiger partial charge is 0.465 e. The summed E-state index contributed by atoms with van der Waals surface area (Å²) in [6.07, 6.45) is 1.08. The highest BCUT2D eigenvalue weighted by atomic mass is 32.2. The molecule has 0 radical (unpaired) electrons. The number of carbonyl (C=O) groups excluding carboxylic acids is 1. The van der Waals surface area contributed by atoms with Crippen LogP contribution in [0.3, 0.4) is 0 Å². The van der Waals surface area contributed by atoms with Crippen molar-refractivity contribution >= 4 is 31.5 Å². The molecule has 0 saturated carbocycles. The second-order valence-corrected chi connectivity index (χ2v) is 11.1. The summed E-state index contributed by atoms with van der Waals surface area (Å²) in [7, 11) is -5.82. The Labute approximate surface area is 177 Å². The van der Waals surface area contributed by atoms with Crippen molar-refractivity contribution in [2.45, 2.75) is 22.8 Å². The van der Waals surface area contributed by atoms with Crippen LogP contribution in [0.25, 0.3) is 0 Å². The Morgan fingerprint density at radius 3 is 2.00 bits per heavy atom. The molecule has 1 saturated heterocycles. The zero-order valence-corrected chi connectivity index (χ0v) is 18.6. The number of sulfone groups is 1. The van der Waals surface area contributed by atoms with Crippen molar-refractivity contribution in [2.75, 3.05) is 37.9 Å². The zero-order chi connectivity index (χ0) is 22.1. The van der Waals surface area contributed by atoms with Crippen molar-refractivity contribution in [3.05, 3.63) is 54.1 Å². The maximum absolute atomic E-state index is 13.1. The standard InChI is InChI=1S/C20H24N2O6S2/c1-15-14-21(17-6-4-16(5-7-17)20(23)28-2)12-13-22(15)30(26,27)19-10-8-18(9-11-19)29(3,24)25/h4-11,15H,12-14H2,1-3H3. The van der Waals surface area contributed by atoms with Crippen LogP contribution in [0.2, 0.25) is 0 Å². The summed E-state index contributed by atoms with van der Waals surface area (Å²) < 4.78 is 55.5. The quantitative estimate of drug-likeness (QED) is 0.637. The lowest BCUT2D eigenvalue weighted by atomic mass is 10.1. The maximum Gasteiger partial charge on any atom is 0.337 e. The SMILES string of the molecule is COC(=O)c1ccc(N2CCN(S(=O)(=O)c3ccc(S(C)(=O)=O)cc3)C(C)C2)cc1. The van der Waals surface area contributed by atoms with Crippen LogP contribution in [0.5, 0.6) is 0 Å². The zero-order valence-electron chi connectivity index (χ0n) is 17.0. The second-order valence-electron chi connectivity index (χ2n) is 7.19. The van der Waals surface area contributed by atoms with Crippen LogP contribution in [0.4, 0.5) is 5.69 Å². The van der Waals surface area contributed by atoms with Crippen LogP contribution >= 0.6 is 0 Å². The monoisotopic (exact) mass is 452 g/mol. The summed E-state index contributed by atoms with van der Waals surface area (Å²) in [6, 6.07) is 12.0. The van der Waals surface area contributed by atoms with E-state index in [1.54, 1.807) is 12.1 Å². The number of hydrogen-bond donors (Lipinski definition) is 0. The molecule has 1 atom stereocenters. The maximum atomic E-state index is 13.1. The fraction of sp³-hybridized carbons (Fsp3) is 0.350. The molecule has 0 aromatic heterocycles. The van der Waals surface area contributed by atoms with Gasteiger partial charge in [-0.15, -0.1) is 0 Å². The summed E-state index contributed by atoms with van der Waals surface area (Å²) >= 11 is 0. The average Bonchev–Trinajstić information content (AvgIpc) is 2.72. The molecule has 1 heterocycles. The first-order valence-corrected chi connectivity index (χ1v) is 12.6. The molecular formula is C20H24N2O6S2. The fourth-order valence-corrected chi connectivity index (χ4v) is 5.70. The molecule has 10 heteroatoms. The third kappa shape index (κ3) is 4.50.